The fourth-order valence-corrected chi connectivity index (χ4v) is 3.21. The zero-order valence-electron chi connectivity index (χ0n) is 13.9. The van der Waals surface area contributed by atoms with E-state index in [1.54, 1.807) is 29.4 Å². The molecule has 2 heterocycles. The van der Waals surface area contributed by atoms with Gasteiger partial charge in [-0.3, -0.25) is 14.6 Å². The Morgan fingerprint density at radius 1 is 1.08 bits per heavy atom. The molecule has 0 unspecified atom stereocenters. The first-order valence-corrected chi connectivity index (χ1v) is 8.07. The minimum atomic E-state index is -0.0738. The topological polar surface area (TPSA) is 62.3 Å². The van der Waals surface area contributed by atoms with Crippen molar-refractivity contribution in [3.05, 3.63) is 65.5 Å². The van der Waals surface area contributed by atoms with Gasteiger partial charge >= 0.3 is 0 Å². The van der Waals surface area contributed by atoms with E-state index in [1.807, 2.05) is 6.92 Å². The predicted molar refractivity (Wildman–Crippen MR) is 91.7 cm³/mol. The molecule has 0 spiro atoms. The van der Waals surface area contributed by atoms with E-state index in [2.05, 4.69) is 34.6 Å². The van der Waals surface area contributed by atoms with Crippen molar-refractivity contribution in [3.63, 3.8) is 0 Å². The molecule has 1 aliphatic heterocycles. The molecule has 0 aliphatic carbocycles. The van der Waals surface area contributed by atoms with Crippen LogP contribution in [0.5, 0.6) is 0 Å². The second-order valence-electron chi connectivity index (χ2n) is 6.27. The van der Waals surface area contributed by atoms with Gasteiger partial charge in [-0.2, -0.15) is 0 Å². The van der Waals surface area contributed by atoms with Crippen LogP contribution < -0.4 is 5.32 Å². The summed E-state index contributed by atoms with van der Waals surface area (Å²) < 4.78 is 0. The van der Waals surface area contributed by atoms with Gasteiger partial charge in [0.15, 0.2) is 0 Å². The maximum absolute atomic E-state index is 12.7. The third-order valence-electron chi connectivity index (χ3n) is 4.43. The highest BCUT2D eigenvalue weighted by molar-refractivity contribution is 5.94. The third kappa shape index (κ3) is 3.45. The average molecular weight is 323 g/mol. The number of pyridine rings is 1. The number of carbonyl (C=O) groups is 2. The Labute approximate surface area is 141 Å². The van der Waals surface area contributed by atoms with Crippen LogP contribution in [0.2, 0.25) is 0 Å². The summed E-state index contributed by atoms with van der Waals surface area (Å²) in [4.78, 5) is 30.0. The number of aromatic nitrogens is 1. The first-order valence-electron chi connectivity index (χ1n) is 8.07. The molecule has 2 aromatic rings. The van der Waals surface area contributed by atoms with Crippen molar-refractivity contribution in [1.82, 2.24) is 15.2 Å². The predicted octanol–water partition coefficient (Wildman–Crippen LogP) is 2.13. The summed E-state index contributed by atoms with van der Waals surface area (Å²) in [5.41, 5.74) is 2.96. The molecule has 0 bridgehead atoms. The molecule has 0 radical (unpaired) electrons. The summed E-state index contributed by atoms with van der Waals surface area (Å²) in [6, 6.07) is 11.6. The Hall–Kier alpha value is -2.69. The molecule has 24 heavy (non-hydrogen) atoms. The molecule has 2 amide bonds. The van der Waals surface area contributed by atoms with Crippen LogP contribution in [0.1, 0.15) is 34.3 Å². The number of amides is 2. The van der Waals surface area contributed by atoms with Crippen LogP contribution in [0, 0.1) is 6.92 Å². The molecule has 3 rings (SSSR count). The van der Waals surface area contributed by atoms with Gasteiger partial charge in [-0.1, -0.05) is 29.8 Å². The Morgan fingerprint density at radius 2 is 1.75 bits per heavy atom. The van der Waals surface area contributed by atoms with Gasteiger partial charge in [0.05, 0.1) is 6.04 Å². The van der Waals surface area contributed by atoms with Gasteiger partial charge in [-0.05, 0) is 24.6 Å². The van der Waals surface area contributed by atoms with Crippen LogP contribution >= 0.6 is 0 Å². The largest absolute Gasteiger partial charge is 0.351 e. The summed E-state index contributed by atoms with van der Waals surface area (Å²) in [7, 11) is 0. The van der Waals surface area contributed by atoms with Gasteiger partial charge in [0.1, 0.15) is 0 Å². The highest BCUT2D eigenvalue weighted by atomic mass is 16.2. The summed E-state index contributed by atoms with van der Waals surface area (Å²) in [5, 5.41) is 3.00. The number of hydrogen-bond acceptors (Lipinski definition) is 3. The first kappa shape index (κ1) is 16.2. The normalized spacial score (nSPS) is 20.0. The minimum absolute atomic E-state index is 0.0256. The SMILES string of the molecule is CC(=O)N[C@@H]1CN(C(=O)c2ccncc2)C[C@H]1c1ccc(C)cc1. The van der Waals surface area contributed by atoms with E-state index >= 15 is 0 Å². The Kier molecular flexibility index (Phi) is 4.60. The lowest BCUT2D eigenvalue weighted by Crippen LogP contribution is -2.39. The fourth-order valence-electron chi connectivity index (χ4n) is 3.21. The minimum Gasteiger partial charge on any atom is -0.351 e. The van der Waals surface area contributed by atoms with Crippen molar-refractivity contribution < 1.29 is 9.59 Å². The molecule has 1 fully saturated rings. The Morgan fingerprint density at radius 3 is 2.38 bits per heavy atom. The van der Waals surface area contributed by atoms with Crippen LogP contribution in [0.25, 0.3) is 0 Å². The second kappa shape index (κ2) is 6.83. The molecule has 1 aromatic carbocycles. The number of carbonyl (C=O) groups excluding carboxylic acids is 2. The van der Waals surface area contributed by atoms with Crippen LogP contribution in [-0.4, -0.2) is 40.8 Å². The van der Waals surface area contributed by atoms with Crippen LogP contribution in [0.15, 0.2) is 48.8 Å². The van der Waals surface area contributed by atoms with Crippen LogP contribution in [0.4, 0.5) is 0 Å². The summed E-state index contributed by atoms with van der Waals surface area (Å²) >= 11 is 0. The number of hydrogen-bond donors (Lipinski definition) is 1. The van der Waals surface area contributed by atoms with Crippen molar-refractivity contribution >= 4 is 11.8 Å². The van der Waals surface area contributed by atoms with Crippen molar-refractivity contribution in [2.24, 2.45) is 0 Å². The van der Waals surface area contributed by atoms with E-state index in [1.165, 1.54) is 12.5 Å². The third-order valence-corrected chi connectivity index (χ3v) is 4.43. The highest BCUT2D eigenvalue weighted by Gasteiger charge is 2.36. The molecule has 5 heteroatoms. The smallest absolute Gasteiger partial charge is 0.254 e. The number of likely N-dealkylation sites (tertiary alicyclic amines) is 1. The quantitative estimate of drug-likeness (QED) is 0.941. The number of nitrogens with one attached hydrogen (secondary N) is 1. The van der Waals surface area contributed by atoms with E-state index < -0.39 is 0 Å². The van der Waals surface area contributed by atoms with E-state index in [0.717, 1.165) is 5.56 Å². The first-order chi connectivity index (χ1) is 11.5. The standard InChI is InChI=1S/C19H21N3O2/c1-13-3-5-15(6-4-13)17-11-22(12-18(17)21-14(2)23)19(24)16-7-9-20-10-8-16/h3-10,17-18H,11-12H2,1-2H3,(H,21,23)/t17-,18+/m0/s1. The van der Waals surface area contributed by atoms with Gasteiger partial charge in [0.25, 0.3) is 5.91 Å². The molecule has 0 saturated carbocycles. The fraction of sp³-hybridized carbons (Fsp3) is 0.316. The summed E-state index contributed by atoms with van der Waals surface area (Å²) in [6.45, 7) is 4.66. The van der Waals surface area contributed by atoms with Gasteiger partial charge in [0, 0.05) is 43.9 Å². The number of aryl methyl sites for hydroxylation is 1. The molecular formula is C19H21N3O2. The van der Waals surface area contributed by atoms with Gasteiger partial charge < -0.3 is 10.2 Å². The van der Waals surface area contributed by atoms with Crippen molar-refractivity contribution in [2.45, 2.75) is 25.8 Å². The molecule has 5 nitrogen and oxygen atoms in total. The van der Waals surface area contributed by atoms with Crippen LogP contribution in [0.3, 0.4) is 0 Å². The van der Waals surface area contributed by atoms with Crippen LogP contribution in [-0.2, 0) is 4.79 Å². The van der Waals surface area contributed by atoms with E-state index in [9.17, 15) is 9.59 Å². The maximum Gasteiger partial charge on any atom is 0.254 e. The zero-order chi connectivity index (χ0) is 17.1. The molecule has 2 atom stereocenters. The lowest BCUT2D eigenvalue weighted by Gasteiger charge is -2.19. The molecule has 1 saturated heterocycles. The lowest BCUT2D eigenvalue weighted by atomic mass is 9.93. The monoisotopic (exact) mass is 323 g/mol. The van der Waals surface area contributed by atoms with Crippen molar-refractivity contribution in [3.8, 4) is 0 Å². The maximum atomic E-state index is 12.7. The molecular weight excluding hydrogens is 302 g/mol. The van der Waals surface area contributed by atoms with Gasteiger partial charge in [-0.25, -0.2) is 0 Å². The Bertz CT molecular complexity index is 728. The van der Waals surface area contributed by atoms with Gasteiger partial charge in [0.2, 0.25) is 5.91 Å². The second-order valence-corrected chi connectivity index (χ2v) is 6.27. The van der Waals surface area contributed by atoms with E-state index in [0.29, 0.717) is 18.7 Å². The van der Waals surface area contributed by atoms with E-state index in [-0.39, 0.29) is 23.8 Å². The summed E-state index contributed by atoms with van der Waals surface area (Å²) in [5.74, 6) is -0.00188. The molecule has 1 aromatic heterocycles. The molecule has 1 N–H and O–H groups in total. The number of rotatable bonds is 3. The number of nitrogens with zero attached hydrogens (tertiary/aromatic N) is 2. The lowest BCUT2D eigenvalue weighted by molar-refractivity contribution is -0.119. The highest BCUT2D eigenvalue weighted by Crippen LogP contribution is 2.29. The average Bonchev–Trinajstić information content (AvgIpc) is 2.98. The van der Waals surface area contributed by atoms with E-state index in [4.69, 9.17) is 0 Å². The summed E-state index contributed by atoms with van der Waals surface area (Å²) in [6.07, 6.45) is 3.23. The van der Waals surface area contributed by atoms with Gasteiger partial charge in [-0.15, -0.1) is 0 Å². The van der Waals surface area contributed by atoms with Crippen molar-refractivity contribution in [2.75, 3.05) is 13.1 Å². The van der Waals surface area contributed by atoms with Crippen molar-refractivity contribution in [1.29, 1.82) is 0 Å². The number of benzene rings is 1. The molecule has 1 aliphatic rings. The molecule has 124 valence electrons. The zero-order valence-corrected chi connectivity index (χ0v) is 13.9. The Balaban J connectivity index is 1.83.